The number of hydrogen-bond donors (Lipinski definition) is 0. The van der Waals surface area contributed by atoms with Crippen LogP contribution in [-0.4, -0.2) is 4.98 Å². The molecule has 1 atom stereocenters. The first kappa shape index (κ1) is 9.20. The normalized spacial score (nSPS) is 21.9. The van der Waals surface area contributed by atoms with Crippen molar-refractivity contribution in [1.82, 2.24) is 4.98 Å². The average Bonchev–Trinajstić information content (AvgIpc) is 2.51. The summed E-state index contributed by atoms with van der Waals surface area (Å²) in [6.45, 7) is 4.63. The van der Waals surface area contributed by atoms with E-state index in [1.807, 2.05) is 16.8 Å². The van der Waals surface area contributed by atoms with Gasteiger partial charge < -0.3 is 0 Å². The van der Waals surface area contributed by atoms with Gasteiger partial charge in [0.25, 0.3) is 0 Å². The molecule has 13 heavy (non-hydrogen) atoms. The Kier molecular flexibility index (Phi) is 2.68. The maximum absolute atomic E-state index is 4.43. The van der Waals surface area contributed by atoms with Crippen molar-refractivity contribution >= 4 is 11.3 Å². The van der Waals surface area contributed by atoms with Crippen LogP contribution in [0.1, 0.15) is 49.6 Å². The van der Waals surface area contributed by atoms with Crippen LogP contribution in [0.25, 0.3) is 0 Å². The fraction of sp³-hybridized carbons (Fsp3) is 0.727. The van der Waals surface area contributed by atoms with Gasteiger partial charge in [0, 0.05) is 4.88 Å². The summed E-state index contributed by atoms with van der Waals surface area (Å²) in [5.74, 6) is 1.63. The molecule has 0 aliphatic heterocycles. The molecule has 1 heterocycles. The Morgan fingerprint density at radius 1 is 1.62 bits per heavy atom. The van der Waals surface area contributed by atoms with Gasteiger partial charge in [-0.2, -0.15) is 0 Å². The fourth-order valence-corrected chi connectivity index (χ4v) is 3.23. The molecule has 72 valence electrons. The summed E-state index contributed by atoms with van der Waals surface area (Å²) in [7, 11) is 0. The smallest absolute Gasteiger partial charge is 0.0797 e. The summed E-state index contributed by atoms with van der Waals surface area (Å²) in [5, 5.41) is 0. The second kappa shape index (κ2) is 3.79. The lowest BCUT2D eigenvalue weighted by molar-refractivity contribution is 0.451. The lowest BCUT2D eigenvalue weighted by atomic mass is 9.86. The summed E-state index contributed by atoms with van der Waals surface area (Å²) < 4.78 is 0. The van der Waals surface area contributed by atoms with E-state index in [0.717, 1.165) is 11.8 Å². The molecule has 1 aliphatic rings. The largest absolute Gasteiger partial charge is 0.249 e. The summed E-state index contributed by atoms with van der Waals surface area (Å²) in [6, 6.07) is 0. The second-order valence-corrected chi connectivity index (χ2v) is 5.27. The SMILES string of the molecule is CC(C)CC1CCCc2ncsc21. The zero-order valence-electron chi connectivity index (χ0n) is 8.42. The van der Waals surface area contributed by atoms with Gasteiger partial charge in [0.2, 0.25) is 0 Å². The topological polar surface area (TPSA) is 12.9 Å². The van der Waals surface area contributed by atoms with E-state index in [4.69, 9.17) is 0 Å². The van der Waals surface area contributed by atoms with E-state index >= 15 is 0 Å². The Balaban J connectivity index is 2.15. The lowest BCUT2D eigenvalue weighted by Gasteiger charge is -2.22. The molecular weight excluding hydrogens is 178 g/mol. The minimum absolute atomic E-state index is 0.816. The highest BCUT2D eigenvalue weighted by Gasteiger charge is 2.22. The summed E-state index contributed by atoms with van der Waals surface area (Å²) in [5.41, 5.74) is 3.41. The van der Waals surface area contributed by atoms with Crippen molar-refractivity contribution in [2.24, 2.45) is 5.92 Å². The minimum atomic E-state index is 0.816. The van der Waals surface area contributed by atoms with Gasteiger partial charge in [-0.1, -0.05) is 13.8 Å². The maximum atomic E-state index is 4.43. The van der Waals surface area contributed by atoms with Crippen molar-refractivity contribution in [3.05, 3.63) is 16.1 Å². The lowest BCUT2D eigenvalue weighted by Crippen LogP contribution is -2.09. The van der Waals surface area contributed by atoms with Gasteiger partial charge >= 0.3 is 0 Å². The molecule has 0 N–H and O–H groups in total. The number of aryl methyl sites for hydroxylation is 1. The van der Waals surface area contributed by atoms with Crippen LogP contribution in [0.15, 0.2) is 5.51 Å². The highest BCUT2D eigenvalue weighted by Crippen LogP contribution is 2.37. The van der Waals surface area contributed by atoms with Crippen LogP contribution in [-0.2, 0) is 6.42 Å². The molecule has 0 spiro atoms. The van der Waals surface area contributed by atoms with Crippen molar-refractivity contribution in [3.8, 4) is 0 Å². The maximum Gasteiger partial charge on any atom is 0.0797 e. The molecule has 0 saturated heterocycles. The van der Waals surface area contributed by atoms with Crippen molar-refractivity contribution in [2.75, 3.05) is 0 Å². The monoisotopic (exact) mass is 195 g/mol. The number of aromatic nitrogens is 1. The van der Waals surface area contributed by atoms with Gasteiger partial charge in [-0.15, -0.1) is 11.3 Å². The van der Waals surface area contributed by atoms with Crippen molar-refractivity contribution in [3.63, 3.8) is 0 Å². The molecule has 0 amide bonds. The first-order chi connectivity index (χ1) is 6.27. The molecule has 0 fully saturated rings. The van der Waals surface area contributed by atoms with Crippen LogP contribution in [0.4, 0.5) is 0 Å². The molecule has 1 nitrogen and oxygen atoms in total. The van der Waals surface area contributed by atoms with Crippen LogP contribution in [0, 0.1) is 5.92 Å². The molecule has 1 aliphatic carbocycles. The molecule has 0 radical (unpaired) electrons. The Labute approximate surface area is 84.2 Å². The predicted octanol–water partition coefficient (Wildman–Crippen LogP) is 3.61. The van der Waals surface area contributed by atoms with Gasteiger partial charge in [-0.05, 0) is 37.5 Å². The summed E-state index contributed by atoms with van der Waals surface area (Å²) >= 11 is 1.86. The van der Waals surface area contributed by atoms with E-state index < -0.39 is 0 Å². The molecule has 2 rings (SSSR count). The van der Waals surface area contributed by atoms with E-state index in [0.29, 0.717) is 0 Å². The highest BCUT2D eigenvalue weighted by atomic mass is 32.1. The van der Waals surface area contributed by atoms with Gasteiger partial charge in [0.05, 0.1) is 11.2 Å². The van der Waals surface area contributed by atoms with Gasteiger partial charge in [-0.25, -0.2) is 4.98 Å². The van der Waals surface area contributed by atoms with Gasteiger partial charge in [-0.3, -0.25) is 0 Å². The van der Waals surface area contributed by atoms with E-state index in [-0.39, 0.29) is 0 Å². The molecule has 0 saturated carbocycles. The fourth-order valence-electron chi connectivity index (χ4n) is 2.24. The van der Waals surface area contributed by atoms with Gasteiger partial charge in [0.1, 0.15) is 0 Å². The van der Waals surface area contributed by atoms with E-state index in [1.54, 1.807) is 4.88 Å². The molecule has 0 bridgehead atoms. The van der Waals surface area contributed by atoms with Crippen molar-refractivity contribution in [2.45, 2.75) is 45.4 Å². The Hall–Kier alpha value is -0.370. The van der Waals surface area contributed by atoms with Crippen LogP contribution in [0.3, 0.4) is 0 Å². The van der Waals surface area contributed by atoms with Crippen molar-refractivity contribution in [1.29, 1.82) is 0 Å². The third-order valence-electron chi connectivity index (χ3n) is 2.77. The highest BCUT2D eigenvalue weighted by molar-refractivity contribution is 7.09. The van der Waals surface area contributed by atoms with Crippen LogP contribution >= 0.6 is 11.3 Å². The first-order valence-electron chi connectivity index (χ1n) is 5.19. The van der Waals surface area contributed by atoms with Crippen molar-refractivity contribution < 1.29 is 0 Å². The quantitative estimate of drug-likeness (QED) is 0.702. The van der Waals surface area contributed by atoms with E-state index in [1.165, 1.54) is 31.4 Å². The number of thiazole rings is 1. The Bertz CT molecular complexity index is 277. The molecule has 1 unspecified atom stereocenters. The van der Waals surface area contributed by atoms with Crippen LogP contribution in [0.5, 0.6) is 0 Å². The molecular formula is C11H17NS. The zero-order valence-corrected chi connectivity index (χ0v) is 9.23. The van der Waals surface area contributed by atoms with E-state index in [2.05, 4.69) is 18.8 Å². The summed E-state index contributed by atoms with van der Waals surface area (Å²) in [4.78, 5) is 6.02. The molecule has 1 aromatic heterocycles. The predicted molar refractivity (Wildman–Crippen MR) is 57.2 cm³/mol. The number of hydrogen-bond acceptors (Lipinski definition) is 2. The molecule has 0 aromatic carbocycles. The van der Waals surface area contributed by atoms with Gasteiger partial charge in [0.15, 0.2) is 0 Å². The standard InChI is InChI=1S/C11H17NS/c1-8(2)6-9-4-3-5-10-11(9)13-7-12-10/h7-9H,3-6H2,1-2H3. The minimum Gasteiger partial charge on any atom is -0.249 e. The number of nitrogens with zero attached hydrogens (tertiary/aromatic N) is 1. The third-order valence-corrected chi connectivity index (χ3v) is 3.80. The molecule has 1 aromatic rings. The second-order valence-electron chi connectivity index (χ2n) is 4.38. The number of fused-ring (bicyclic) bond motifs is 1. The van der Waals surface area contributed by atoms with Crippen LogP contribution in [0.2, 0.25) is 0 Å². The Morgan fingerprint density at radius 2 is 2.46 bits per heavy atom. The average molecular weight is 195 g/mol. The third kappa shape index (κ3) is 1.93. The zero-order chi connectivity index (χ0) is 9.26. The molecule has 2 heteroatoms. The van der Waals surface area contributed by atoms with E-state index in [9.17, 15) is 0 Å². The Morgan fingerprint density at radius 3 is 3.23 bits per heavy atom. The van der Waals surface area contributed by atoms with Crippen LogP contribution < -0.4 is 0 Å². The number of rotatable bonds is 2. The summed E-state index contributed by atoms with van der Waals surface area (Å²) in [6.07, 6.45) is 5.28. The first-order valence-corrected chi connectivity index (χ1v) is 6.07.